The van der Waals surface area contributed by atoms with Crippen molar-refractivity contribution in [2.45, 2.75) is 31.7 Å². The van der Waals surface area contributed by atoms with Crippen molar-refractivity contribution in [2.24, 2.45) is 23.7 Å². The summed E-state index contributed by atoms with van der Waals surface area (Å²) in [6.45, 7) is 0.182. The molecule has 5 heteroatoms. The van der Waals surface area contributed by atoms with E-state index in [4.69, 9.17) is 4.74 Å². The monoisotopic (exact) mass is 427 g/mol. The van der Waals surface area contributed by atoms with Crippen molar-refractivity contribution in [1.82, 2.24) is 4.90 Å². The molecule has 1 aliphatic heterocycles. The van der Waals surface area contributed by atoms with Gasteiger partial charge in [-0.25, -0.2) is 9.69 Å². The second-order valence-corrected chi connectivity index (χ2v) is 9.50. The van der Waals surface area contributed by atoms with E-state index in [1.54, 1.807) is 0 Å². The average molecular weight is 428 g/mol. The van der Waals surface area contributed by atoms with Gasteiger partial charge >= 0.3 is 6.09 Å². The predicted molar refractivity (Wildman–Crippen MR) is 118 cm³/mol. The molecule has 1 saturated heterocycles. The fourth-order valence-corrected chi connectivity index (χ4v) is 6.58. The number of amides is 2. The van der Waals surface area contributed by atoms with Gasteiger partial charge in [-0.3, -0.25) is 9.59 Å². The van der Waals surface area contributed by atoms with Gasteiger partial charge in [0.05, 0.1) is 6.04 Å². The summed E-state index contributed by atoms with van der Waals surface area (Å²) in [5.41, 5.74) is 2.91. The molecule has 5 nitrogen and oxygen atoms in total. The van der Waals surface area contributed by atoms with Crippen LogP contribution in [0, 0.1) is 23.7 Å². The second-order valence-electron chi connectivity index (χ2n) is 9.50. The Morgan fingerprint density at radius 1 is 0.906 bits per heavy atom. The molecule has 2 saturated carbocycles. The number of imide groups is 1. The smallest absolute Gasteiger partial charge is 0.417 e. The van der Waals surface area contributed by atoms with Crippen LogP contribution in [0.25, 0.3) is 5.57 Å². The van der Waals surface area contributed by atoms with Crippen molar-refractivity contribution < 1.29 is 19.1 Å². The number of hydrogen-bond donors (Lipinski definition) is 0. The van der Waals surface area contributed by atoms with Crippen molar-refractivity contribution in [1.29, 1.82) is 0 Å². The van der Waals surface area contributed by atoms with Gasteiger partial charge in [0.1, 0.15) is 6.61 Å². The molecule has 2 aromatic rings. The number of ether oxygens (including phenoxy) is 1. The van der Waals surface area contributed by atoms with Crippen LogP contribution in [0.2, 0.25) is 0 Å². The molecule has 3 aliphatic carbocycles. The third-order valence-electron chi connectivity index (χ3n) is 7.86. The molecule has 0 spiro atoms. The molecule has 4 aliphatic rings. The van der Waals surface area contributed by atoms with Crippen LogP contribution in [0.1, 0.15) is 30.4 Å². The molecule has 0 unspecified atom stereocenters. The lowest BCUT2D eigenvalue weighted by Crippen LogP contribution is -2.42. The van der Waals surface area contributed by atoms with Gasteiger partial charge in [0.2, 0.25) is 0 Å². The second kappa shape index (κ2) is 7.44. The molecular weight excluding hydrogens is 402 g/mol. The van der Waals surface area contributed by atoms with Crippen molar-refractivity contribution >= 4 is 23.4 Å². The van der Waals surface area contributed by atoms with Gasteiger partial charge in [-0.2, -0.15) is 0 Å². The Morgan fingerprint density at radius 3 is 2.28 bits per heavy atom. The quantitative estimate of drug-likeness (QED) is 0.731. The van der Waals surface area contributed by atoms with E-state index in [1.807, 2.05) is 60.7 Å². The third kappa shape index (κ3) is 2.87. The van der Waals surface area contributed by atoms with E-state index < -0.39 is 6.09 Å². The van der Waals surface area contributed by atoms with Gasteiger partial charge in [0.25, 0.3) is 5.91 Å². The summed E-state index contributed by atoms with van der Waals surface area (Å²) in [6.07, 6.45) is 3.06. The van der Waals surface area contributed by atoms with Crippen LogP contribution in [-0.4, -0.2) is 35.3 Å². The summed E-state index contributed by atoms with van der Waals surface area (Å²) in [7, 11) is 0. The van der Waals surface area contributed by atoms with Crippen LogP contribution >= 0.6 is 0 Å². The lowest BCUT2D eigenvalue weighted by atomic mass is 9.78. The summed E-state index contributed by atoms with van der Waals surface area (Å²) < 4.78 is 5.33. The van der Waals surface area contributed by atoms with E-state index in [1.165, 1.54) is 4.90 Å². The maximum absolute atomic E-state index is 14.0. The first-order valence-electron chi connectivity index (χ1n) is 11.5. The van der Waals surface area contributed by atoms with Crippen LogP contribution in [0.5, 0.6) is 0 Å². The molecule has 3 fully saturated rings. The zero-order chi connectivity index (χ0) is 21.8. The van der Waals surface area contributed by atoms with Gasteiger partial charge < -0.3 is 4.74 Å². The standard InChI is InChI=1S/C27H25NO4/c29-25-22(17-9-5-2-6-10-17)24(21-18-11-12-19(14-18)23(21)25)26(30)28-20(15-32-27(28)31)13-16-7-3-1-4-8-16/h1-10,18-21,23H,11-15H2/t18-,19+,20+,21+,23-/m1/s1. The molecular formula is C27H25NO4. The van der Waals surface area contributed by atoms with Gasteiger partial charge in [-0.1, -0.05) is 60.7 Å². The number of Topliss-reactive ketones (excluding diaryl/α,β-unsaturated/α-hetero) is 1. The minimum atomic E-state index is -0.602. The molecule has 0 aromatic heterocycles. The van der Waals surface area contributed by atoms with Crippen LogP contribution < -0.4 is 0 Å². The van der Waals surface area contributed by atoms with Crippen LogP contribution in [0.3, 0.4) is 0 Å². The predicted octanol–water partition coefficient (Wildman–Crippen LogP) is 4.28. The molecule has 2 aromatic carbocycles. The Morgan fingerprint density at radius 2 is 1.56 bits per heavy atom. The third-order valence-corrected chi connectivity index (χ3v) is 7.86. The molecule has 1 heterocycles. The summed E-state index contributed by atoms with van der Waals surface area (Å²) in [5, 5.41) is 0. The molecule has 6 rings (SSSR count). The number of cyclic esters (lactones) is 1. The molecule has 5 atom stereocenters. The van der Waals surface area contributed by atoms with E-state index in [0.717, 1.165) is 30.4 Å². The van der Waals surface area contributed by atoms with E-state index in [-0.39, 0.29) is 36.2 Å². The first kappa shape index (κ1) is 19.5. The lowest BCUT2D eigenvalue weighted by Gasteiger charge is -2.28. The summed E-state index contributed by atoms with van der Waals surface area (Å²) in [6, 6.07) is 18.9. The number of fused-ring (bicyclic) bond motifs is 5. The highest BCUT2D eigenvalue weighted by Crippen LogP contribution is 2.60. The Balaban J connectivity index is 1.42. The van der Waals surface area contributed by atoms with Gasteiger partial charge in [-0.05, 0) is 48.6 Å². The summed E-state index contributed by atoms with van der Waals surface area (Å²) >= 11 is 0. The van der Waals surface area contributed by atoms with Crippen LogP contribution in [-0.2, 0) is 20.7 Å². The Hall–Kier alpha value is -3.21. The highest BCUT2D eigenvalue weighted by atomic mass is 16.6. The minimum absolute atomic E-state index is 0.0743. The average Bonchev–Trinajstić information content (AvgIpc) is 3.57. The van der Waals surface area contributed by atoms with Crippen molar-refractivity contribution in [3.8, 4) is 0 Å². The maximum Gasteiger partial charge on any atom is 0.417 e. The topological polar surface area (TPSA) is 63.7 Å². The Labute approximate surface area is 187 Å². The highest BCUT2D eigenvalue weighted by molar-refractivity contribution is 6.31. The molecule has 2 amide bonds. The van der Waals surface area contributed by atoms with E-state index in [0.29, 0.717) is 29.4 Å². The van der Waals surface area contributed by atoms with Crippen LogP contribution in [0.15, 0.2) is 66.2 Å². The number of allylic oxidation sites excluding steroid dienone is 1. The lowest BCUT2D eigenvalue weighted by molar-refractivity contribution is -0.125. The molecule has 2 bridgehead atoms. The van der Waals surface area contributed by atoms with Crippen LogP contribution in [0.4, 0.5) is 4.79 Å². The first-order valence-corrected chi connectivity index (χ1v) is 11.5. The Kier molecular flexibility index (Phi) is 4.53. The maximum atomic E-state index is 14.0. The van der Waals surface area contributed by atoms with Gasteiger partial charge in [0, 0.05) is 23.0 Å². The highest BCUT2D eigenvalue weighted by Gasteiger charge is 2.59. The summed E-state index contributed by atoms with van der Waals surface area (Å²) in [5.74, 6) is 0.265. The van der Waals surface area contributed by atoms with E-state index in [9.17, 15) is 14.4 Å². The van der Waals surface area contributed by atoms with Crippen molar-refractivity contribution in [2.75, 3.05) is 6.61 Å². The van der Waals surface area contributed by atoms with Crippen molar-refractivity contribution in [3.63, 3.8) is 0 Å². The van der Waals surface area contributed by atoms with Crippen molar-refractivity contribution in [3.05, 3.63) is 77.4 Å². The molecule has 162 valence electrons. The van der Waals surface area contributed by atoms with E-state index in [2.05, 4.69) is 0 Å². The fraction of sp³-hybridized carbons (Fsp3) is 0.370. The number of carbonyl (C=O) groups is 3. The zero-order valence-electron chi connectivity index (χ0n) is 17.8. The zero-order valence-corrected chi connectivity index (χ0v) is 17.8. The number of nitrogens with zero attached hydrogens (tertiary/aromatic N) is 1. The number of ketones is 1. The minimum Gasteiger partial charge on any atom is -0.447 e. The number of hydrogen-bond acceptors (Lipinski definition) is 4. The number of carbonyl (C=O) groups excluding carboxylic acids is 3. The molecule has 0 radical (unpaired) electrons. The fourth-order valence-electron chi connectivity index (χ4n) is 6.58. The molecule has 0 N–H and O–H groups in total. The number of benzene rings is 2. The first-order chi connectivity index (χ1) is 15.6. The van der Waals surface area contributed by atoms with Gasteiger partial charge in [0.15, 0.2) is 5.78 Å². The summed E-state index contributed by atoms with van der Waals surface area (Å²) in [4.78, 5) is 41.6. The SMILES string of the molecule is O=C1C(c2ccccc2)=C(C(=O)N2C(=O)OC[C@@H]2Cc2ccccc2)[C@H]2[C@@H]3CC[C@@H](C3)[C@@H]12. The number of rotatable bonds is 4. The van der Waals surface area contributed by atoms with E-state index >= 15 is 0 Å². The van der Waals surface area contributed by atoms with Gasteiger partial charge in [-0.15, -0.1) is 0 Å². The Bertz CT molecular complexity index is 1120. The normalized spacial score (nSPS) is 30.8. The molecule has 32 heavy (non-hydrogen) atoms. The largest absolute Gasteiger partial charge is 0.447 e.